The number of carbonyl (C=O) groups is 4. The number of aromatic nitrogens is 2. The van der Waals surface area contributed by atoms with Gasteiger partial charge in [0.25, 0.3) is 0 Å². The number of carbonyl (C=O) groups excluding carboxylic acids is 4. The number of phenols is 1. The van der Waals surface area contributed by atoms with E-state index in [0.29, 0.717) is 30.2 Å². The molecule has 0 bridgehead atoms. The van der Waals surface area contributed by atoms with Gasteiger partial charge in [0.1, 0.15) is 29.9 Å². The zero-order chi connectivity index (χ0) is 40.7. The molecule has 4 aromatic carbocycles. The van der Waals surface area contributed by atoms with Crippen LogP contribution in [-0.4, -0.2) is 101 Å². The number of benzene rings is 4. The van der Waals surface area contributed by atoms with Gasteiger partial charge in [-0.05, 0) is 46.5 Å². The third-order valence-corrected chi connectivity index (χ3v) is 12.0. The van der Waals surface area contributed by atoms with Gasteiger partial charge in [0.2, 0.25) is 17.8 Å². The minimum atomic E-state index is -1.88. The summed E-state index contributed by atoms with van der Waals surface area (Å²) in [6.07, 6.45) is 1.54. The summed E-state index contributed by atoms with van der Waals surface area (Å²) in [6, 6.07) is 31.0. The molecule has 14 heteroatoms. The van der Waals surface area contributed by atoms with Gasteiger partial charge in [-0.25, -0.2) is 19.7 Å². The highest BCUT2D eigenvalue weighted by Gasteiger charge is 2.76. The number of imide groups is 1. The highest BCUT2D eigenvalue weighted by molar-refractivity contribution is 6.23. The van der Waals surface area contributed by atoms with Crippen molar-refractivity contribution in [1.82, 2.24) is 19.8 Å². The third kappa shape index (κ3) is 6.26. The van der Waals surface area contributed by atoms with Crippen LogP contribution < -0.4 is 9.80 Å². The lowest BCUT2D eigenvalue weighted by Crippen LogP contribution is -2.59. The number of aromatic hydroxyl groups is 1. The fraction of sp³-hybridized carbons (Fsp3) is 0.289. The number of piperazine rings is 1. The van der Waals surface area contributed by atoms with Crippen molar-refractivity contribution in [2.24, 2.45) is 5.92 Å². The Hall–Kier alpha value is -6.64. The van der Waals surface area contributed by atoms with Crippen LogP contribution in [0.4, 0.5) is 16.4 Å². The lowest BCUT2D eigenvalue weighted by molar-refractivity contribution is -0.179. The molecular weight excluding hydrogens is 753 g/mol. The van der Waals surface area contributed by atoms with Gasteiger partial charge < -0.3 is 29.1 Å². The number of methoxy groups -OCH3 is 1. The highest BCUT2D eigenvalue weighted by atomic mass is 16.6. The van der Waals surface area contributed by atoms with Crippen LogP contribution in [0.3, 0.4) is 0 Å². The second-order valence-corrected chi connectivity index (χ2v) is 15.0. The van der Waals surface area contributed by atoms with E-state index in [0.717, 1.165) is 16.0 Å². The van der Waals surface area contributed by atoms with E-state index in [4.69, 9.17) is 14.2 Å². The molecule has 14 nitrogen and oxygen atoms in total. The molecule has 0 aliphatic carbocycles. The van der Waals surface area contributed by atoms with E-state index in [1.165, 1.54) is 19.2 Å². The molecule has 3 saturated heterocycles. The fourth-order valence-corrected chi connectivity index (χ4v) is 9.53. The molecule has 0 radical (unpaired) electrons. The molecule has 59 heavy (non-hydrogen) atoms. The largest absolute Gasteiger partial charge is 0.508 e. The van der Waals surface area contributed by atoms with Gasteiger partial charge in [-0.3, -0.25) is 19.3 Å². The summed E-state index contributed by atoms with van der Waals surface area (Å²) in [6.45, 7) is 1.29. The molecule has 4 aliphatic rings. The molecule has 300 valence electrons. The summed E-state index contributed by atoms with van der Waals surface area (Å²) in [5.41, 5.74) is 0.823. The number of esters is 1. The van der Waals surface area contributed by atoms with Gasteiger partial charge in [0.05, 0.1) is 30.3 Å². The topological polar surface area (TPSA) is 155 Å². The number of rotatable bonds is 8. The van der Waals surface area contributed by atoms with Gasteiger partial charge in [-0.1, -0.05) is 91.0 Å². The maximum absolute atomic E-state index is 16.0. The minimum Gasteiger partial charge on any atom is -0.508 e. The predicted molar refractivity (Wildman–Crippen MR) is 214 cm³/mol. The summed E-state index contributed by atoms with van der Waals surface area (Å²) in [7, 11) is 1.48. The van der Waals surface area contributed by atoms with E-state index in [2.05, 4.69) is 9.97 Å². The van der Waals surface area contributed by atoms with E-state index >= 15 is 14.4 Å². The number of anilines is 2. The first-order valence-corrected chi connectivity index (χ1v) is 19.6. The standard InChI is InChI=1S/C45H42N6O8/c1-57-27-28-58-44(56)50-34-16-9-8-15-33(34)45(42(50)55)35(40(53)48-23-25-49(26-24-48)43-46-21-10-22-47-43)37-41(54)59-38(30-13-6-3-7-14-30)36(29-11-4-2-5-12-29)51(37)39(45)31-17-19-32(52)20-18-31/h2-22,35-39,52H,23-28H2,1H3/t35-,36-,37-,38+,39+,45-/m1/s1. The number of phenolic OH excluding ortho intramolecular Hbond substituents is 1. The van der Waals surface area contributed by atoms with Crippen molar-refractivity contribution >= 4 is 35.5 Å². The summed E-state index contributed by atoms with van der Waals surface area (Å²) < 4.78 is 17.3. The van der Waals surface area contributed by atoms with Crippen molar-refractivity contribution in [3.05, 3.63) is 150 Å². The number of ether oxygens (including phenoxy) is 3. The summed E-state index contributed by atoms with van der Waals surface area (Å²) >= 11 is 0. The van der Waals surface area contributed by atoms with Crippen molar-refractivity contribution < 1.29 is 38.5 Å². The van der Waals surface area contributed by atoms with Crippen LogP contribution in [0, 0.1) is 5.92 Å². The normalized spacial score (nSPS) is 25.1. The second kappa shape index (κ2) is 15.6. The third-order valence-electron chi connectivity index (χ3n) is 12.0. The number of hydrogen-bond donors (Lipinski definition) is 1. The van der Waals surface area contributed by atoms with Crippen molar-refractivity contribution in [1.29, 1.82) is 0 Å². The number of hydrogen-bond acceptors (Lipinski definition) is 12. The van der Waals surface area contributed by atoms with E-state index in [-0.39, 0.29) is 37.7 Å². The van der Waals surface area contributed by atoms with Crippen LogP contribution in [0.5, 0.6) is 5.75 Å². The maximum Gasteiger partial charge on any atom is 0.421 e. The van der Waals surface area contributed by atoms with Gasteiger partial charge in [0.15, 0.2) is 0 Å². The first-order valence-electron chi connectivity index (χ1n) is 19.6. The number of amides is 3. The average Bonchev–Trinajstić information content (AvgIpc) is 3.74. The van der Waals surface area contributed by atoms with Gasteiger partial charge >= 0.3 is 12.1 Å². The lowest BCUT2D eigenvalue weighted by atomic mass is 9.65. The zero-order valence-corrected chi connectivity index (χ0v) is 32.2. The average molecular weight is 795 g/mol. The number of fused-ring (bicyclic) bond motifs is 3. The first-order chi connectivity index (χ1) is 28.8. The Morgan fingerprint density at radius 3 is 2.08 bits per heavy atom. The van der Waals surface area contributed by atoms with Crippen molar-refractivity contribution in [3.8, 4) is 5.75 Å². The minimum absolute atomic E-state index is 0.00781. The monoisotopic (exact) mass is 794 g/mol. The Kier molecular flexibility index (Phi) is 10.0. The SMILES string of the molecule is COCCOC(=O)N1C(=O)[C@@]2(c3ccccc31)[C@H](c1ccc(O)cc1)N1[C@H](c3ccccc3)[C@H](c3ccccc3)OC(=O)[C@H]1[C@@H]2C(=O)N1CCN(c2ncccn2)CC1. The summed E-state index contributed by atoms with van der Waals surface area (Å²) in [4.78, 5) is 76.4. The molecule has 1 spiro atoms. The Morgan fingerprint density at radius 1 is 0.763 bits per heavy atom. The van der Waals surface area contributed by atoms with Crippen LogP contribution in [0.2, 0.25) is 0 Å². The fourth-order valence-electron chi connectivity index (χ4n) is 9.53. The Morgan fingerprint density at radius 2 is 1.41 bits per heavy atom. The Labute approximate surface area is 340 Å². The van der Waals surface area contributed by atoms with Crippen LogP contribution in [-0.2, 0) is 34.0 Å². The smallest absolute Gasteiger partial charge is 0.421 e. The number of nitrogens with zero attached hydrogens (tertiary/aromatic N) is 6. The number of para-hydroxylation sites is 1. The Bertz CT molecular complexity index is 2350. The van der Waals surface area contributed by atoms with E-state index in [9.17, 15) is 9.90 Å². The predicted octanol–water partition coefficient (Wildman–Crippen LogP) is 4.98. The molecule has 5 aromatic rings. The van der Waals surface area contributed by atoms with Gasteiger partial charge in [-0.2, -0.15) is 0 Å². The Balaban J connectivity index is 1.27. The van der Waals surface area contributed by atoms with Gasteiger partial charge in [-0.15, -0.1) is 0 Å². The first kappa shape index (κ1) is 37.9. The number of morpholine rings is 1. The highest BCUT2D eigenvalue weighted by Crippen LogP contribution is 2.66. The summed E-state index contributed by atoms with van der Waals surface area (Å²) in [5, 5.41) is 10.6. The summed E-state index contributed by atoms with van der Waals surface area (Å²) in [5.74, 6) is -2.68. The molecular formula is C45H42N6O8. The zero-order valence-electron chi connectivity index (χ0n) is 32.2. The quantitative estimate of drug-likeness (QED) is 0.167. The maximum atomic E-state index is 16.0. The van der Waals surface area contributed by atoms with Crippen molar-refractivity contribution in [3.63, 3.8) is 0 Å². The lowest BCUT2D eigenvalue weighted by Gasteiger charge is -2.46. The van der Waals surface area contributed by atoms with Crippen molar-refractivity contribution in [2.45, 2.75) is 29.6 Å². The molecule has 0 unspecified atom stereocenters. The second-order valence-electron chi connectivity index (χ2n) is 15.0. The molecule has 1 N–H and O–H groups in total. The molecule has 5 heterocycles. The van der Waals surface area contributed by atoms with Crippen LogP contribution in [0.15, 0.2) is 128 Å². The van der Waals surface area contributed by atoms with Crippen molar-refractivity contribution in [2.75, 3.05) is 56.3 Å². The van der Waals surface area contributed by atoms with Crippen LogP contribution >= 0.6 is 0 Å². The molecule has 1 aromatic heterocycles. The molecule has 3 amide bonds. The van der Waals surface area contributed by atoms with E-state index < -0.39 is 59.4 Å². The number of cyclic esters (lactones) is 1. The molecule has 0 saturated carbocycles. The van der Waals surface area contributed by atoms with Crippen LogP contribution in [0.25, 0.3) is 0 Å². The van der Waals surface area contributed by atoms with E-state index in [1.807, 2.05) is 70.5 Å². The van der Waals surface area contributed by atoms with Crippen LogP contribution in [0.1, 0.15) is 40.4 Å². The van der Waals surface area contributed by atoms with E-state index in [1.54, 1.807) is 59.8 Å². The molecule has 9 rings (SSSR count). The molecule has 3 fully saturated rings. The van der Waals surface area contributed by atoms with Gasteiger partial charge in [0, 0.05) is 45.7 Å². The molecule has 4 aliphatic heterocycles. The molecule has 6 atom stereocenters.